The van der Waals surface area contributed by atoms with E-state index in [1.54, 1.807) is 0 Å². The van der Waals surface area contributed by atoms with E-state index >= 15 is 0 Å². The number of allylic oxidation sites excluding steroid dienone is 3. The van der Waals surface area contributed by atoms with Gasteiger partial charge in [0.1, 0.15) is 0 Å². The first-order valence-corrected chi connectivity index (χ1v) is 5.63. The van der Waals surface area contributed by atoms with Crippen LogP contribution < -0.4 is 5.32 Å². The molecule has 0 saturated heterocycles. The highest BCUT2D eigenvalue weighted by molar-refractivity contribution is 5.16. The van der Waals surface area contributed by atoms with Crippen LogP contribution in [0.4, 0.5) is 0 Å². The Labute approximate surface area is 93.5 Å². The van der Waals surface area contributed by atoms with Crippen LogP contribution >= 0.6 is 0 Å². The van der Waals surface area contributed by atoms with E-state index in [4.69, 9.17) is 5.11 Å². The van der Waals surface area contributed by atoms with Crippen molar-refractivity contribution in [3.8, 4) is 0 Å². The van der Waals surface area contributed by atoms with Crippen molar-refractivity contribution >= 4 is 0 Å². The van der Waals surface area contributed by atoms with Gasteiger partial charge < -0.3 is 15.3 Å². The Bertz CT molecular complexity index is 200. The Hall–Kier alpha value is -0.800. The molecule has 0 bridgehead atoms. The Morgan fingerprint density at radius 3 is 2.60 bits per heavy atom. The lowest BCUT2D eigenvalue weighted by Crippen LogP contribution is -2.32. The van der Waals surface area contributed by atoms with Crippen molar-refractivity contribution in [2.24, 2.45) is 0 Å². The largest absolute Gasteiger partial charge is 0.395 e. The molecule has 88 valence electrons. The van der Waals surface area contributed by atoms with Crippen LogP contribution in [0.2, 0.25) is 0 Å². The average molecular weight is 212 g/mol. The minimum atomic E-state index is 0.195. The van der Waals surface area contributed by atoms with E-state index < -0.39 is 0 Å². The molecule has 0 aliphatic heterocycles. The van der Waals surface area contributed by atoms with Gasteiger partial charge in [-0.25, -0.2) is 0 Å². The number of aliphatic hydroxyl groups is 1. The summed E-state index contributed by atoms with van der Waals surface area (Å²) in [4.78, 5) is 2.18. The molecule has 0 heterocycles. The van der Waals surface area contributed by atoms with Gasteiger partial charge in [-0.2, -0.15) is 0 Å². The van der Waals surface area contributed by atoms with Gasteiger partial charge in [-0.05, 0) is 26.5 Å². The van der Waals surface area contributed by atoms with Crippen molar-refractivity contribution in [1.82, 2.24) is 10.2 Å². The van der Waals surface area contributed by atoms with E-state index in [-0.39, 0.29) is 6.61 Å². The normalized spacial score (nSPS) is 12.4. The maximum absolute atomic E-state index is 8.99. The summed E-state index contributed by atoms with van der Waals surface area (Å²) in [5.41, 5.74) is 1.18. The molecule has 0 aromatic carbocycles. The van der Waals surface area contributed by atoms with Crippen LogP contribution in [-0.4, -0.2) is 43.3 Å². The minimum absolute atomic E-state index is 0.195. The molecule has 0 radical (unpaired) electrons. The number of hydrogen-bond donors (Lipinski definition) is 2. The third kappa shape index (κ3) is 6.31. The van der Waals surface area contributed by atoms with Gasteiger partial charge in [-0.15, -0.1) is 0 Å². The van der Waals surface area contributed by atoms with E-state index in [0.29, 0.717) is 6.54 Å². The topological polar surface area (TPSA) is 35.5 Å². The highest BCUT2D eigenvalue weighted by Crippen LogP contribution is 2.05. The van der Waals surface area contributed by atoms with E-state index in [1.807, 2.05) is 14.0 Å². The quantitative estimate of drug-likeness (QED) is 0.597. The molecule has 0 aromatic heterocycles. The molecule has 15 heavy (non-hydrogen) atoms. The maximum Gasteiger partial charge on any atom is 0.0606 e. The maximum atomic E-state index is 8.99. The van der Waals surface area contributed by atoms with E-state index in [1.165, 1.54) is 5.70 Å². The SMILES string of the molecule is C/C=C(\C=C/CC)N(CCO)CCNC. The standard InChI is InChI=1S/C12H24N2O/c1-4-6-7-12(5-2)14(10-11-15)9-8-13-3/h5-7,13,15H,4,8-11H2,1-3H3/b7-6-,12-5+. The molecule has 0 rings (SSSR count). The molecule has 0 spiro atoms. The highest BCUT2D eigenvalue weighted by Gasteiger charge is 2.04. The third-order valence-electron chi connectivity index (χ3n) is 2.19. The predicted octanol–water partition coefficient (Wildman–Crippen LogP) is 1.37. The fraction of sp³-hybridized carbons (Fsp3) is 0.667. The summed E-state index contributed by atoms with van der Waals surface area (Å²) in [5, 5.41) is 12.1. The number of nitrogens with one attached hydrogen (secondary N) is 1. The molecule has 0 aliphatic carbocycles. The fourth-order valence-electron chi connectivity index (χ4n) is 1.36. The summed E-state index contributed by atoms with van der Waals surface area (Å²) in [6.45, 7) is 6.88. The molecule has 0 saturated carbocycles. The van der Waals surface area contributed by atoms with Crippen LogP contribution in [-0.2, 0) is 0 Å². The van der Waals surface area contributed by atoms with Crippen LogP contribution in [0.25, 0.3) is 0 Å². The fourth-order valence-corrected chi connectivity index (χ4v) is 1.36. The summed E-state index contributed by atoms with van der Waals surface area (Å²) in [5.74, 6) is 0. The van der Waals surface area contributed by atoms with Crippen LogP contribution in [0, 0.1) is 0 Å². The summed E-state index contributed by atoms with van der Waals surface area (Å²) < 4.78 is 0. The predicted molar refractivity (Wildman–Crippen MR) is 65.8 cm³/mol. The van der Waals surface area contributed by atoms with Gasteiger partial charge in [0.25, 0.3) is 0 Å². The number of rotatable bonds is 8. The van der Waals surface area contributed by atoms with Gasteiger partial charge in [-0.1, -0.05) is 19.1 Å². The molecule has 3 heteroatoms. The van der Waals surface area contributed by atoms with Crippen molar-refractivity contribution in [2.45, 2.75) is 20.3 Å². The van der Waals surface area contributed by atoms with Crippen molar-refractivity contribution in [3.63, 3.8) is 0 Å². The second kappa shape index (κ2) is 9.74. The molecule has 2 N–H and O–H groups in total. The van der Waals surface area contributed by atoms with Crippen LogP contribution in [0.3, 0.4) is 0 Å². The lowest BCUT2D eigenvalue weighted by molar-refractivity contribution is 0.230. The molecule has 0 aliphatic rings. The highest BCUT2D eigenvalue weighted by atomic mass is 16.3. The zero-order valence-corrected chi connectivity index (χ0v) is 10.2. The molecule has 0 amide bonds. The Morgan fingerprint density at radius 1 is 1.40 bits per heavy atom. The Balaban J connectivity index is 4.34. The second-order valence-electron chi connectivity index (χ2n) is 3.34. The third-order valence-corrected chi connectivity index (χ3v) is 2.19. The van der Waals surface area contributed by atoms with Crippen LogP contribution in [0.5, 0.6) is 0 Å². The molecule has 0 unspecified atom stereocenters. The van der Waals surface area contributed by atoms with E-state index in [0.717, 1.165) is 19.5 Å². The van der Waals surface area contributed by atoms with Crippen molar-refractivity contribution in [3.05, 3.63) is 23.9 Å². The van der Waals surface area contributed by atoms with Gasteiger partial charge in [0, 0.05) is 25.3 Å². The summed E-state index contributed by atoms with van der Waals surface area (Å²) in [6.07, 6.45) is 7.37. The Morgan fingerprint density at radius 2 is 2.13 bits per heavy atom. The number of aliphatic hydroxyl groups excluding tert-OH is 1. The van der Waals surface area contributed by atoms with Gasteiger partial charge in [0.15, 0.2) is 0 Å². The number of likely N-dealkylation sites (N-methyl/N-ethyl adjacent to an activating group) is 1. The van der Waals surface area contributed by atoms with Crippen molar-refractivity contribution in [2.75, 3.05) is 33.3 Å². The Kier molecular flexibility index (Phi) is 9.22. The van der Waals surface area contributed by atoms with Gasteiger partial charge in [-0.3, -0.25) is 0 Å². The lowest BCUT2D eigenvalue weighted by Gasteiger charge is -2.24. The zero-order chi connectivity index (χ0) is 11.5. The average Bonchev–Trinajstić information content (AvgIpc) is 2.26. The molecular formula is C12H24N2O. The molecule has 0 fully saturated rings. The van der Waals surface area contributed by atoms with Crippen LogP contribution in [0.1, 0.15) is 20.3 Å². The first kappa shape index (κ1) is 14.2. The van der Waals surface area contributed by atoms with Crippen LogP contribution in [0.15, 0.2) is 23.9 Å². The number of nitrogens with zero attached hydrogens (tertiary/aromatic N) is 1. The molecule has 0 aromatic rings. The molecule has 3 nitrogen and oxygen atoms in total. The second-order valence-corrected chi connectivity index (χ2v) is 3.34. The summed E-state index contributed by atoms with van der Waals surface area (Å²) >= 11 is 0. The van der Waals surface area contributed by atoms with Gasteiger partial charge in [0.05, 0.1) is 6.61 Å². The number of hydrogen-bond acceptors (Lipinski definition) is 3. The minimum Gasteiger partial charge on any atom is -0.395 e. The summed E-state index contributed by atoms with van der Waals surface area (Å²) in [6, 6.07) is 0. The smallest absolute Gasteiger partial charge is 0.0606 e. The first-order valence-electron chi connectivity index (χ1n) is 5.63. The molecule has 0 atom stereocenters. The van der Waals surface area contributed by atoms with Gasteiger partial charge >= 0.3 is 0 Å². The lowest BCUT2D eigenvalue weighted by atomic mass is 10.3. The molecular weight excluding hydrogens is 188 g/mol. The first-order chi connectivity index (χ1) is 7.29. The monoisotopic (exact) mass is 212 g/mol. The van der Waals surface area contributed by atoms with Crippen molar-refractivity contribution in [1.29, 1.82) is 0 Å². The van der Waals surface area contributed by atoms with E-state index in [2.05, 4.69) is 35.4 Å². The van der Waals surface area contributed by atoms with Gasteiger partial charge in [0.2, 0.25) is 0 Å². The summed E-state index contributed by atoms with van der Waals surface area (Å²) in [7, 11) is 1.94. The van der Waals surface area contributed by atoms with E-state index in [9.17, 15) is 0 Å². The zero-order valence-electron chi connectivity index (χ0n) is 10.2. The van der Waals surface area contributed by atoms with Crippen molar-refractivity contribution < 1.29 is 5.11 Å².